The van der Waals surface area contributed by atoms with E-state index in [4.69, 9.17) is 10.5 Å². The zero-order valence-corrected chi connectivity index (χ0v) is 11.5. The zero-order chi connectivity index (χ0) is 15.6. The van der Waals surface area contributed by atoms with Gasteiger partial charge in [0.05, 0.1) is 11.3 Å². The molecule has 4 nitrogen and oxygen atoms in total. The van der Waals surface area contributed by atoms with E-state index in [2.05, 4.69) is 10.2 Å². The Morgan fingerprint density at radius 3 is 2.52 bits per heavy atom. The third kappa shape index (κ3) is 3.30. The van der Waals surface area contributed by atoms with Crippen molar-refractivity contribution < 1.29 is 17.9 Å². The molecule has 1 aromatic heterocycles. The van der Waals surface area contributed by atoms with E-state index in [9.17, 15) is 13.2 Å². The first-order valence-electron chi connectivity index (χ1n) is 6.21. The van der Waals surface area contributed by atoms with Crippen LogP contribution in [0.3, 0.4) is 0 Å². The van der Waals surface area contributed by atoms with Gasteiger partial charge in [-0.05, 0) is 37.6 Å². The van der Waals surface area contributed by atoms with Gasteiger partial charge >= 0.3 is 6.18 Å². The van der Waals surface area contributed by atoms with Crippen molar-refractivity contribution in [3.05, 3.63) is 46.6 Å². The lowest BCUT2D eigenvalue weighted by Crippen LogP contribution is -2.08. The Kier molecular flexibility index (Phi) is 4.13. The molecule has 7 heteroatoms. The molecular formula is C14H14F3N3O. The van der Waals surface area contributed by atoms with Crippen LogP contribution < -0.4 is 10.5 Å². The minimum atomic E-state index is -4.43. The Morgan fingerprint density at radius 1 is 1.19 bits per heavy atom. The summed E-state index contributed by atoms with van der Waals surface area (Å²) in [7, 11) is 0. The molecule has 2 N–H and O–H groups in total. The number of nitrogens with zero attached hydrogens (tertiary/aromatic N) is 2. The third-order valence-electron chi connectivity index (χ3n) is 3.12. The molecule has 2 rings (SSSR count). The molecule has 0 saturated carbocycles. The van der Waals surface area contributed by atoms with Gasteiger partial charge in [0, 0.05) is 12.1 Å². The van der Waals surface area contributed by atoms with Crippen molar-refractivity contribution in [3.63, 3.8) is 0 Å². The first-order valence-corrected chi connectivity index (χ1v) is 6.21. The Labute approximate surface area is 119 Å². The van der Waals surface area contributed by atoms with Crippen LogP contribution in [0.2, 0.25) is 0 Å². The Bertz CT molecular complexity index is 656. The van der Waals surface area contributed by atoms with Crippen molar-refractivity contribution in [2.45, 2.75) is 26.6 Å². The first kappa shape index (κ1) is 15.2. The smallest absolute Gasteiger partial charge is 0.416 e. The van der Waals surface area contributed by atoms with Crippen LogP contribution in [0, 0.1) is 13.8 Å². The van der Waals surface area contributed by atoms with E-state index in [1.807, 2.05) is 6.92 Å². The second-order valence-electron chi connectivity index (χ2n) is 4.53. The van der Waals surface area contributed by atoms with Crippen LogP contribution in [0.15, 0.2) is 24.3 Å². The van der Waals surface area contributed by atoms with Crippen LogP contribution in [0.1, 0.15) is 22.4 Å². The van der Waals surface area contributed by atoms with Crippen molar-refractivity contribution in [3.8, 4) is 11.6 Å². The molecule has 0 aliphatic rings. The number of halogens is 3. The van der Waals surface area contributed by atoms with Crippen LogP contribution in [-0.2, 0) is 12.7 Å². The summed E-state index contributed by atoms with van der Waals surface area (Å²) in [4.78, 5) is 0. The van der Waals surface area contributed by atoms with E-state index in [-0.39, 0.29) is 18.2 Å². The van der Waals surface area contributed by atoms with Gasteiger partial charge in [-0.3, -0.25) is 0 Å². The van der Waals surface area contributed by atoms with Gasteiger partial charge in [0.25, 0.3) is 0 Å². The summed E-state index contributed by atoms with van der Waals surface area (Å²) in [5, 5.41) is 7.77. The monoisotopic (exact) mass is 297 g/mol. The maximum atomic E-state index is 12.7. The minimum Gasteiger partial charge on any atom is -0.437 e. The molecule has 2 aromatic rings. The largest absolute Gasteiger partial charge is 0.437 e. The quantitative estimate of drug-likeness (QED) is 0.943. The van der Waals surface area contributed by atoms with Crippen molar-refractivity contribution in [2.24, 2.45) is 5.73 Å². The van der Waals surface area contributed by atoms with Gasteiger partial charge in [0.2, 0.25) is 5.88 Å². The number of aryl methyl sites for hydroxylation is 1. The molecule has 21 heavy (non-hydrogen) atoms. The number of hydrogen-bond donors (Lipinski definition) is 1. The summed E-state index contributed by atoms with van der Waals surface area (Å²) in [6.07, 6.45) is -4.43. The molecule has 0 radical (unpaired) electrons. The number of ether oxygens (including phenoxy) is 1. The van der Waals surface area contributed by atoms with Crippen LogP contribution in [-0.4, -0.2) is 10.2 Å². The van der Waals surface area contributed by atoms with Gasteiger partial charge in [-0.2, -0.15) is 18.3 Å². The molecule has 1 aromatic carbocycles. The van der Waals surface area contributed by atoms with Crippen LogP contribution in [0.25, 0.3) is 0 Å². The Morgan fingerprint density at radius 2 is 1.90 bits per heavy atom. The minimum absolute atomic E-state index is 0.0390. The van der Waals surface area contributed by atoms with Gasteiger partial charge in [-0.1, -0.05) is 6.07 Å². The average Bonchev–Trinajstić information content (AvgIpc) is 2.43. The molecule has 0 saturated heterocycles. The Balaban J connectivity index is 2.37. The number of hydrogen-bond acceptors (Lipinski definition) is 4. The number of alkyl halides is 3. The highest BCUT2D eigenvalue weighted by Crippen LogP contribution is 2.33. The lowest BCUT2D eigenvalue weighted by molar-refractivity contribution is -0.137. The van der Waals surface area contributed by atoms with Crippen LogP contribution in [0.4, 0.5) is 13.2 Å². The fraction of sp³-hybridized carbons (Fsp3) is 0.286. The highest BCUT2D eigenvalue weighted by molar-refractivity contribution is 5.39. The summed E-state index contributed by atoms with van der Waals surface area (Å²) in [5.74, 6) is 0.164. The third-order valence-corrected chi connectivity index (χ3v) is 3.12. The second-order valence-corrected chi connectivity index (χ2v) is 4.53. The predicted octanol–water partition coefficient (Wildman–Crippen LogP) is 3.36. The fourth-order valence-electron chi connectivity index (χ4n) is 1.80. The lowest BCUT2D eigenvalue weighted by atomic mass is 10.1. The molecule has 112 valence electrons. The normalized spacial score (nSPS) is 11.5. The predicted molar refractivity (Wildman–Crippen MR) is 70.9 cm³/mol. The Hall–Kier alpha value is -2.15. The topological polar surface area (TPSA) is 61.0 Å². The first-order chi connectivity index (χ1) is 9.82. The SMILES string of the molecule is Cc1nnc(Oc2cccc(C(F)(F)F)c2)c(CN)c1C. The number of aromatic nitrogens is 2. The standard InChI is InChI=1S/C14H14F3N3O/c1-8-9(2)19-20-13(12(8)7-18)21-11-5-3-4-10(6-11)14(15,16)17/h3-6H,7,18H2,1-2H3. The highest BCUT2D eigenvalue weighted by Gasteiger charge is 2.30. The van der Waals surface area contributed by atoms with Crippen LogP contribution in [0.5, 0.6) is 11.6 Å². The van der Waals surface area contributed by atoms with E-state index in [1.165, 1.54) is 12.1 Å². The molecule has 0 amide bonds. The highest BCUT2D eigenvalue weighted by atomic mass is 19.4. The van der Waals surface area contributed by atoms with Crippen molar-refractivity contribution in [1.82, 2.24) is 10.2 Å². The van der Waals surface area contributed by atoms with E-state index in [0.717, 1.165) is 17.7 Å². The molecule has 0 unspecified atom stereocenters. The number of benzene rings is 1. The lowest BCUT2D eigenvalue weighted by Gasteiger charge is -2.13. The van der Waals surface area contributed by atoms with E-state index >= 15 is 0 Å². The fourth-order valence-corrected chi connectivity index (χ4v) is 1.80. The van der Waals surface area contributed by atoms with Gasteiger partial charge in [-0.15, -0.1) is 5.10 Å². The van der Waals surface area contributed by atoms with E-state index in [1.54, 1.807) is 6.92 Å². The average molecular weight is 297 g/mol. The zero-order valence-electron chi connectivity index (χ0n) is 11.5. The van der Waals surface area contributed by atoms with Gasteiger partial charge in [0.15, 0.2) is 0 Å². The number of nitrogens with two attached hydrogens (primary N) is 1. The summed E-state index contributed by atoms with van der Waals surface area (Å²) >= 11 is 0. The van der Waals surface area contributed by atoms with E-state index in [0.29, 0.717) is 11.3 Å². The van der Waals surface area contributed by atoms with Crippen LogP contribution >= 0.6 is 0 Å². The molecule has 0 aliphatic carbocycles. The molecular weight excluding hydrogens is 283 g/mol. The van der Waals surface area contributed by atoms with Crippen molar-refractivity contribution >= 4 is 0 Å². The molecule has 0 bridgehead atoms. The van der Waals surface area contributed by atoms with Gasteiger partial charge in [-0.25, -0.2) is 0 Å². The van der Waals surface area contributed by atoms with E-state index < -0.39 is 11.7 Å². The molecule has 1 heterocycles. The molecule has 0 atom stereocenters. The van der Waals surface area contributed by atoms with Crippen molar-refractivity contribution in [1.29, 1.82) is 0 Å². The molecule has 0 fully saturated rings. The maximum Gasteiger partial charge on any atom is 0.416 e. The maximum absolute atomic E-state index is 12.7. The van der Waals surface area contributed by atoms with Crippen molar-refractivity contribution in [2.75, 3.05) is 0 Å². The van der Waals surface area contributed by atoms with Gasteiger partial charge < -0.3 is 10.5 Å². The number of rotatable bonds is 3. The second kappa shape index (κ2) is 5.69. The summed E-state index contributed by atoms with van der Waals surface area (Å²) in [5.41, 5.74) is 7.00. The molecule has 0 spiro atoms. The molecule has 0 aliphatic heterocycles. The summed E-state index contributed by atoms with van der Waals surface area (Å²) < 4.78 is 43.4. The summed E-state index contributed by atoms with van der Waals surface area (Å²) in [6, 6.07) is 4.58. The van der Waals surface area contributed by atoms with Gasteiger partial charge in [0.1, 0.15) is 5.75 Å². The summed E-state index contributed by atoms with van der Waals surface area (Å²) in [6.45, 7) is 3.75.